The molecule has 0 saturated heterocycles. The molecule has 1 heterocycles. The molecule has 0 fully saturated rings. The Morgan fingerprint density at radius 1 is 1.33 bits per heavy atom. The summed E-state index contributed by atoms with van der Waals surface area (Å²) >= 11 is 1.53. The maximum atomic E-state index is 5.81. The smallest absolute Gasteiger partial charge is 0.219 e. The largest absolute Gasteiger partial charge is 0.474 e. The van der Waals surface area contributed by atoms with E-state index in [2.05, 4.69) is 36.1 Å². The van der Waals surface area contributed by atoms with Gasteiger partial charge < -0.3 is 10.1 Å². The fraction of sp³-hybridized carbons (Fsp3) is 0.692. The quantitative estimate of drug-likeness (QED) is 0.577. The summed E-state index contributed by atoms with van der Waals surface area (Å²) in [6, 6.07) is 1.88. The zero-order chi connectivity index (χ0) is 13.4. The van der Waals surface area contributed by atoms with Gasteiger partial charge in [-0.3, -0.25) is 0 Å². The number of hydrogen-bond acceptors (Lipinski definition) is 5. The van der Waals surface area contributed by atoms with Crippen LogP contribution in [0.25, 0.3) is 0 Å². The molecule has 1 aromatic heterocycles. The standard InChI is InChI=1S/C13H23N3OS/c1-5-7-10(3)17-12-9-11(14-8-6-2)15-13(16-12)18-4/h9-10H,5-8H2,1-4H3,(H,14,15,16). The Bertz CT molecular complexity index is 360. The summed E-state index contributed by atoms with van der Waals surface area (Å²) in [5, 5.41) is 4.02. The fourth-order valence-corrected chi connectivity index (χ4v) is 1.94. The molecule has 0 radical (unpaired) electrons. The molecule has 0 aromatic carbocycles. The first-order valence-corrected chi connectivity index (χ1v) is 7.75. The summed E-state index contributed by atoms with van der Waals surface area (Å²) in [4.78, 5) is 8.78. The second-order valence-corrected chi connectivity index (χ2v) is 5.00. The number of thioether (sulfide) groups is 1. The average Bonchev–Trinajstić information content (AvgIpc) is 2.36. The van der Waals surface area contributed by atoms with Gasteiger partial charge in [-0.25, -0.2) is 4.98 Å². The lowest BCUT2D eigenvalue weighted by Crippen LogP contribution is -2.13. The van der Waals surface area contributed by atoms with Crippen molar-refractivity contribution in [1.29, 1.82) is 0 Å². The summed E-state index contributed by atoms with van der Waals surface area (Å²) in [7, 11) is 0. The molecule has 1 aromatic rings. The Balaban J connectivity index is 2.76. The Hall–Kier alpha value is -0.970. The lowest BCUT2D eigenvalue weighted by atomic mass is 10.2. The van der Waals surface area contributed by atoms with Crippen molar-refractivity contribution in [3.63, 3.8) is 0 Å². The minimum atomic E-state index is 0.193. The molecule has 102 valence electrons. The van der Waals surface area contributed by atoms with Gasteiger partial charge in [-0.2, -0.15) is 4.98 Å². The van der Waals surface area contributed by atoms with Crippen LogP contribution in [0.15, 0.2) is 11.2 Å². The van der Waals surface area contributed by atoms with Crippen LogP contribution in [0.4, 0.5) is 5.82 Å². The third-order valence-corrected chi connectivity index (χ3v) is 2.99. The van der Waals surface area contributed by atoms with E-state index in [9.17, 15) is 0 Å². The average molecular weight is 269 g/mol. The van der Waals surface area contributed by atoms with Gasteiger partial charge in [0.25, 0.3) is 0 Å². The van der Waals surface area contributed by atoms with Gasteiger partial charge in [0.1, 0.15) is 5.82 Å². The van der Waals surface area contributed by atoms with Gasteiger partial charge in [0.2, 0.25) is 5.88 Å². The first-order valence-electron chi connectivity index (χ1n) is 6.53. The van der Waals surface area contributed by atoms with Crippen molar-refractivity contribution in [1.82, 2.24) is 9.97 Å². The highest BCUT2D eigenvalue weighted by Crippen LogP contribution is 2.20. The van der Waals surface area contributed by atoms with Gasteiger partial charge in [-0.15, -0.1) is 0 Å². The molecule has 0 saturated carbocycles. The molecule has 0 amide bonds. The van der Waals surface area contributed by atoms with E-state index in [0.29, 0.717) is 5.88 Å². The van der Waals surface area contributed by atoms with E-state index >= 15 is 0 Å². The molecule has 1 atom stereocenters. The molecule has 1 rings (SSSR count). The second kappa shape index (κ2) is 8.19. The minimum absolute atomic E-state index is 0.193. The van der Waals surface area contributed by atoms with E-state index in [1.165, 1.54) is 11.8 Å². The lowest BCUT2D eigenvalue weighted by Gasteiger charge is -2.14. The summed E-state index contributed by atoms with van der Waals surface area (Å²) < 4.78 is 5.81. The first kappa shape index (κ1) is 15.1. The van der Waals surface area contributed by atoms with Crippen molar-refractivity contribution in [2.24, 2.45) is 0 Å². The van der Waals surface area contributed by atoms with Crippen LogP contribution >= 0.6 is 11.8 Å². The van der Waals surface area contributed by atoms with Crippen LogP contribution in [-0.4, -0.2) is 28.9 Å². The molecule has 4 nitrogen and oxygen atoms in total. The van der Waals surface area contributed by atoms with E-state index in [1.54, 1.807) is 0 Å². The number of rotatable bonds is 8. The summed E-state index contributed by atoms with van der Waals surface area (Å²) in [5.41, 5.74) is 0. The monoisotopic (exact) mass is 269 g/mol. The zero-order valence-electron chi connectivity index (χ0n) is 11.7. The van der Waals surface area contributed by atoms with E-state index in [1.807, 2.05) is 12.3 Å². The van der Waals surface area contributed by atoms with Crippen molar-refractivity contribution in [3.05, 3.63) is 6.07 Å². The molecule has 0 aliphatic rings. The topological polar surface area (TPSA) is 47.0 Å². The van der Waals surface area contributed by atoms with E-state index in [0.717, 1.165) is 36.8 Å². The normalized spacial score (nSPS) is 12.2. The number of hydrogen-bond donors (Lipinski definition) is 1. The van der Waals surface area contributed by atoms with Gasteiger partial charge in [0.15, 0.2) is 5.16 Å². The molecule has 1 N–H and O–H groups in total. The van der Waals surface area contributed by atoms with Gasteiger partial charge in [0.05, 0.1) is 6.10 Å². The molecule has 0 spiro atoms. The van der Waals surface area contributed by atoms with Crippen molar-refractivity contribution < 1.29 is 4.74 Å². The van der Waals surface area contributed by atoms with Gasteiger partial charge >= 0.3 is 0 Å². The highest BCUT2D eigenvalue weighted by molar-refractivity contribution is 7.98. The zero-order valence-corrected chi connectivity index (χ0v) is 12.5. The third kappa shape index (κ3) is 5.12. The molecular formula is C13H23N3OS. The van der Waals surface area contributed by atoms with Crippen molar-refractivity contribution in [2.75, 3.05) is 18.1 Å². The van der Waals surface area contributed by atoms with Crippen LogP contribution in [0, 0.1) is 0 Å². The number of aromatic nitrogens is 2. The van der Waals surface area contributed by atoms with Crippen LogP contribution < -0.4 is 10.1 Å². The summed E-state index contributed by atoms with van der Waals surface area (Å²) in [6.45, 7) is 7.27. The predicted molar refractivity (Wildman–Crippen MR) is 77.6 cm³/mol. The SMILES string of the molecule is CCCNc1cc(OC(C)CCC)nc(SC)n1. The van der Waals surface area contributed by atoms with E-state index in [-0.39, 0.29) is 6.10 Å². The van der Waals surface area contributed by atoms with Crippen molar-refractivity contribution in [2.45, 2.75) is 51.3 Å². The predicted octanol–water partition coefficient (Wildman–Crippen LogP) is 3.59. The number of anilines is 1. The third-order valence-electron chi connectivity index (χ3n) is 2.44. The molecule has 5 heteroatoms. The van der Waals surface area contributed by atoms with Crippen molar-refractivity contribution >= 4 is 17.6 Å². The van der Waals surface area contributed by atoms with E-state index in [4.69, 9.17) is 4.74 Å². The van der Waals surface area contributed by atoms with Crippen LogP contribution in [0.3, 0.4) is 0 Å². The van der Waals surface area contributed by atoms with Crippen LogP contribution in [0.1, 0.15) is 40.0 Å². The second-order valence-electron chi connectivity index (χ2n) is 4.22. The van der Waals surface area contributed by atoms with Gasteiger partial charge in [-0.1, -0.05) is 32.0 Å². The highest BCUT2D eigenvalue weighted by atomic mass is 32.2. The number of nitrogens with zero attached hydrogens (tertiary/aromatic N) is 2. The molecule has 1 unspecified atom stereocenters. The van der Waals surface area contributed by atoms with Crippen LogP contribution in [0.5, 0.6) is 5.88 Å². The maximum Gasteiger partial charge on any atom is 0.219 e. The Labute approximate surface area is 114 Å². The highest BCUT2D eigenvalue weighted by Gasteiger charge is 2.08. The van der Waals surface area contributed by atoms with Gasteiger partial charge in [-0.05, 0) is 26.0 Å². The summed E-state index contributed by atoms with van der Waals surface area (Å²) in [5.74, 6) is 1.50. The Morgan fingerprint density at radius 2 is 2.11 bits per heavy atom. The molecule has 0 aliphatic carbocycles. The summed E-state index contributed by atoms with van der Waals surface area (Å²) in [6.07, 6.45) is 5.39. The first-order chi connectivity index (χ1) is 8.69. The Kier molecular flexibility index (Phi) is 6.86. The van der Waals surface area contributed by atoms with Crippen LogP contribution in [0.2, 0.25) is 0 Å². The molecular weight excluding hydrogens is 246 g/mol. The minimum Gasteiger partial charge on any atom is -0.474 e. The maximum absolute atomic E-state index is 5.81. The number of nitrogens with one attached hydrogen (secondary N) is 1. The molecule has 0 aliphatic heterocycles. The number of ether oxygens (including phenoxy) is 1. The Morgan fingerprint density at radius 3 is 2.72 bits per heavy atom. The van der Waals surface area contributed by atoms with Gasteiger partial charge in [0, 0.05) is 12.6 Å². The molecule has 18 heavy (non-hydrogen) atoms. The van der Waals surface area contributed by atoms with E-state index < -0.39 is 0 Å². The lowest BCUT2D eigenvalue weighted by molar-refractivity contribution is 0.200. The fourth-order valence-electron chi connectivity index (χ4n) is 1.57. The van der Waals surface area contributed by atoms with Crippen molar-refractivity contribution in [3.8, 4) is 5.88 Å². The molecule has 0 bridgehead atoms. The van der Waals surface area contributed by atoms with Crippen LogP contribution in [-0.2, 0) is 0 Å².